The summed E-state index contributed by atoms with van der Waals surface area (Å²) >= 11 is 0. The van der Waals surface area contributed by atoms with Crippen molar-refractivity contribution in [2.75, 3.05) is 12.8 Å². The Kier molecular flexibility index (Phi) is 5.34. The van der Waals surface area contributed by atoms with Crippen LogP contribution in [-0.4, -0.2) is 31.2 Å². The monoisotopic (exact) mass is 322 g/mol. The van der Waals surface area contributed by atoms with Crippen LogP contribution in [0.2, 0.25) is 0 Å². The number of ether oxygens (including phenoxy) is 1. The molecule has 1 amide bonds. The van der Waals surface area contributed by atoms with Gasteiger partial charge in [0.05, 0.1) is 12.8 Å². The van der Waals surface area contributed by atoms with Gasteiger partial charge in [-0.25, -0.2) is 9.18 Å². The fourth-order valence-corrected chi connectivity index (χ4v) is 1.76. The van der Waals surface area contributed by atoms with Gasteiger partial charge in [0.25, 0.3) is 0 Å². The van der Waals surface area contributed by atoms with Crippen molar-refractivity contribution >= 4 is 17.6 Å². The highest BCUT2D eigenvalue weighted by Crippen LogP contribution is 2.24. The lowest BCUT2D eigenvalue weighted by molar-refractivity contribution is -0.176. The number of amides is 1. The Balaban J connectivity index is 3.08. The summed E-state index contributed by atoms with van der Waals surface area (Å²) in [5.41, 5.74) is 5.34. The van der Waals surface area contributed by atoms with Crippen molar-refractivity contribution in [1.29, 1.82) is 0 Å². The summed E-state index contributed by atoms with van der Waals surface area (Å²) in [6, 6.07) is 1.91. The van der Waals surface area contributed by atoms with E-state index in [-0.39, 0.29) is 11.3 Å². The molecular formula is C13H14F4N2O3. The van der Waals surface area contributed by atoms with Crippen LogP contribution in [-0.2, 0) is 14.3 Å². The number of carbonyl (C=O) groups excluding carboxylic acids is 2. The smallest absolute Gasteiger partial charge is 0.467 e. The van der Waals surface area contributed by atoms with E-state index >= 15 is 0 Å². The quantitative estimate of drug-likeness (QED) is 0.502. The van der Waals surface area contributed by atoms with Gasteiger partial charge in [-0.05, 0) is 17.7 Å². The molecule has 122 valence electrons. The predicted octanol–water partition coefficient (Wildman–Crippen LogP) is 1.73. The lowest BCUT2D eigenvalue weighted by Crippen LogP contribution is -2.49. The van der Waals surface area contributed by atoms with Crippen molar-refractivity contribution in [2.45, 2.75) is 25.1 Å². The number of halogens is 4. The Morgan fingerprint density at radius 1 is 1.32 bits per heavy atom. The molecule has 0 fully saturated rings. The minimum Gasteiger partial charge on any atom is -0.467 e. The third-order valence-electron chi connectivity index (χ3n) is 3.05. The first-order valence-electron chi connectivity index (χ1n) is 6.08. The molecule has 0 aromatic heterocycles. The van der Waals surface area contributed by atoms with E-state index < -0.39 is 35.8 Å². The zero-order valence-electron chi connectivity index (χ0n) is 11.7. The third kappa shape index (κ3) is 4.09. The maximum atomic E-state index is 13.4. The molecular weight excluding hydrogens is 308 g/mol. The first-order chi connectivity index (χ1) is 10.1. The molecule has 3 N–H and O–H groups in total. The third-order valence-corrected chi connectivity index (χ3v) is 3.05. The van der Waals surface area contributed by atoms with E-state index in [0.29, 0.717) is 0 Å². The van der Waals surface area contributed by atoms with Crippen LogP contribution < -0.4 is 11.1 Å². The summed E-state index contributed by atoms with van der Waals surface area (Å²) in [7, 11) is 0.964. The van der Waals surface area contributed by atoms with Gasteiger partial charge in [0, 0.05) is 5.92 Å². The summed E-state index contributed by atoms with van der Waals surface area (Å²) in [6.45, 7) is 1.35. The number of anilines is 1. The second-order valence-electron chi connectivity index (χ2n) is 4.54. The number of nitrogen functional groups attached to an aromatic ring is 1. The molecule has 9 heteroatoms. The maximum absolute atomic E-state index is 13.4. The highest BCUT2D eigenvalue weighted by atomic mass is 19.4. The molecule has 0 saturated heterocycles. The normalized spacial score (nSPS) is 14.1. The van der Waals surface area contributed by atoms with Crippen LogP contribution in [0.4, 0.5) is 23.2 Å². The van der Waals surface area contributed by atoms with Gasteiger partial charge in [0.15, 0.2) is 0 Å². The summed E-state index contributed by atoms with van der Waals surface area (Å²) in [4.78, 5) is 22.6. The molecule has 0 radical (unpaired) electrons. The summed E-state index contributed by atoms with van der Waals surface area (Å²) in [5.74, 6) is -5.11. The number of esters is 1. The van der Waals surface area contributed by atoms with Crippen LogP contribution in [0.3, 0.4) is 0 Å². The van der Waals surface area contributed by atoms with E-state index in [9.17, 15) is 27.2 Å². The SMILES string of the molecule is COC(=O)[C@H](NC(=O)C(F)(F)F)[C@@H](C)c1ccc(N)c(F)c1. The maximum Gasteiger partial charge on any atom is 0.471 e. The largest absolute Gasteiger partial charge is 0.471 e. The molecule has 0 heterocycles. The zero-order chi connectivity index (χ0) is 17.1. The number of nitrogens with one attached hydrogen (secondary N) is 1. The molecule has 2 atom stereocenters. The van der Waals surface area contributed by atoms with Crippen molar-refractivity contribution in [3.63, 3.8) is 0 Å². The summed E-state index contributed by atoms with van der Waals surface area (Å²) < 4.78 is 54.8. The Morgan fingerprint density at radius 3 is 2.36 bits per heavy atom. The van der Waals surface area contributed by atoms with Gasteiger partial charge in [-0.3, -0.25) is 4.79 Å². The first-order valence-corrected chi connectivity index (χ1v) is 6.08. The fourth-order valence-electron chi connectivity index (χ4n) is 1.76. The van der Waals surface area contributed by atoms with Crippen molar-refractivity contribution in [1.82, 2.24) is 5.32 Å². The van der Waals surface area contributed by atoms with Crippen LogP contribution in [0, 0.1) is 5.82 Å². The number of hydrogen-bond acceptors (Lipinski definition) is 4. The van der Waals surface area contributed by atoms with Crippen LogP contribution in [0.1, 0.15) is 18.4 Å². The molecule has 0 aliphatic rings. The lowest BCUT2D eigenvalue weighted by Gasteiger charge is -2.24. The van der Waals surface area contributed by atoms with Gasteiger partial charge in [-0.15, -0.1) is 0 Å². The van der Waals surface area contributed by atoms with Crippen molar-refractivity contribution in [2.24, 2.45) is 0 Å². The number of methoxy groups -OCH3 is 1. The van der Waals surface area contributed by atoms with Gasteiger partial charge >= 0.3 is 18.1 Å². The average Bonchev–Trinajstić information content (AvgIpc) is 2.44. The van der Waals surface area contributed by atoms with Crippen LogP contribution in [0.15, 0.2) is 18.2 Å². The molecule has 0 saturated carbocycles. The predicted molar refractivity (Wildman–Crippen MR) is 69.2 cm³/mol. The minimum atomic E-state index is -5.15. The number of benzene rings is 1. The highest BCUT2D eigenvalue weighted by Gasteiger charge is 2.42. The van der Waals surface area contributed by atoms with Crippen molar-refractivity contribution < 1.29 is 31.9 Å². The van der Waals surface area contributed by atoms with Crippen molar-refractivity contribution in [3.05, 3.63) is 29.6 Å². The summed E-state index contributed by atoms with van der Waals surface area (Å²) in [6.07, 6.45) is -5.15. The Morgan fingerprint density at radius 2 is 1.91 bits per heavy atom. The number of carbonyl (C=O) groups is 2. The van der Waals surface area contributed by atoms with E-state index in [1.165, 1.54) is 19.1 Å². The molecule has 22 heavy (non-hydrogen) atoms. The van der Waals surface area contributed by atoms with Crippen molar-refractivity contribution in [3.8, 4) is 0 Å². The number of nitrogens with two attached hydrogens (primary N) is 1. The number of hydrogen-bond donors (Lipinski definition) is 2. The zero-order valence-corrected chi connectivity index (χ0v) is 11.7. The van der Waals surface area contributed by atoms with Gasteiger partial charge in [-0.2, -0.15) is 13.2 Å². The average molecular weight is 322 g/mol. The molecule has 0 bridgehead atoms. The Labute approximate surface area is 123 Å². The van der Waals surface area contributed by atoms with E-state index in [0.717, 1.165) is 13.2 Å². The minimum absolute atomic E-state index is 0.148. The molecule has 1 aromatic rings. The van der Waals surface area contributed by atoms with E-state index in [4.69, 9.17) is 5.73 Å². The highest BCUT2D eigenvalue weighted by molar-refractivity contribution is 5.88. The molecule has 0 unspecified atom stereocenters. The van der Waals surface area contributed by atoms with Gasteiger partial charge in [0.1, 0.15) is 11.9 Å². The number of alkyl halides is 3. The second kappa shape index (κ2) is 6.63. The van der Waals surface area contributed by atoms with E-state index in [1.54, 1.807) is 5.32 Å². The molecule has 1 rings (SSSR count). The topological polar surface area (TPSA) is 81.4 Å². The first kappa shape index (κ1) is 17.7. The van der Waals surface area contributed by atoms with E-state index in [1.807, 2.05) is 0 Å². The number of rotatable bonds is 4. The van der Waals surface area contributed by atoms with Crippen LogP contribution in [0.25, 0.3) is 0 Å². The summed E-state index contributed by atoms with van der Waals surface area (Å²) in [5, 5.41) is 1.55. The molecule has 1 aromatic carbocycles. The van der Waals surface area contributed by atoms with Gasteiger partial charge < -0.3 is 15.8 Å². The van der Waals surface area contributed by atoms with Gasteiger partial charge in [0.2, 0.25) is 0 Å². The fraction of sp³-hybridized carbons (Fsp3) is 0.385. The molecule has 0 aliphatic carbocycles. The second-order valence-corrected chi connectivity index (χ2v) is 4.54. The van der Waals surface area contributed by atoms with Crippen LogP contribution >= 0.6 is 0 Å². The van der Waals surface area contributed by atoms with Crippen LogP contribution in [0.5, 0.6) is 0 Å². The standard InChI is InChI=1S/C13H14F4N2O3/c1-6(7-3-4-9(18)8(14)5-7)10(11(20)22-2)19-12(21)13(15,16)17/h3-6,10H,18H2,1-2H3,(H,19,21)/t6-,10+/m0/s1. The molecule has 5 nitrogen and oxygen atoms in total. The lowest BCUT2D eigenvalue weighted by atomic mass is 9.92. The van der Waals surface area contributed by atoms with E-state index in [2.05, 4.69) is 4.74 Å². The molecule has 0 aliphatic heterocycles. The Hall–Kier alpha value is -2.32. The van der Waals surface area contributed by atoms with Gasteiger partial charge in [-0.1, -0.05) is 13.0 Å². The Bertz CT molecular complexity index is 575. The molecule has 0 spiro atoms.